The summed E-state index contributed by atoms with van der Waals surface area (Å²) in [5.74, 6) is 0.869. The number of hydrogen-bond acceptors (Lipinski definition) is 3. The van der Waals surface area contributed by atoms with Gasteiger partial charge in [0, 0.05) is 11.6 Å². The highest BCUT2D eigenvalue weighted by Gasteiger charge is 2.11. The third-order valence-corrected chi connectivity index (χ3v) is 4.05. The second-order valence-corrected chi connectivity index (χ2v) is 5.49. The van der Waals surface area contributed by atoms with Crippen molar-refractivity contribution in [2.24, 2.45) is 0 Å². The van der Waals surface area contributed by atoms with Crippen molar-refractivity contribution in [1.29, 1.82) is 0 Å². The van der Waals surface area contributed by atoms with Gasteiger partial charge in [-0.25, -0.2) is 0 Å². The standard InChI is InChI=1S/C16H22ClN3O/c1-5-18-11(2)13-6-7-16(21-4)14(8-13)10-20-12(3)15(17)9-19-20/h6-9,11,18H,5,10H2,1-4H3. The first-order chi connectivity index (χ1) is 10.1. The van der Waals surface area contributed by atoms with Crippen molar-refractivity contribution in [3.05, 3.63) is 46.2 Å². The largest absolute Gasteiger partial charge is 0.496 e. The van der Waals surface area contributed by atoms with Gasteiger partial charge in [-0.2, -0.15) is 5.10 Å². The minimum absolute atomic E-state index is 0.307. The summed E-state index contributed by atoms with van der Waals surface area (Å²) in [6.45, 7) is 7.82. The van der Waals surface area contributed by atoms with Crippen LogP contribution in [0.25, 0.3) is 0 Å². The van der Waals surface area contributed by atoms with Gasteiger partial charge in [-0.1, -0.05) is 24.6 Å². The molecule has 0 saturated carbocycles. The lowest BCUT2D eigenvalue weighted by molar-refractivity contribution is 0.406. The van der Waals surface area contributed by atoms with Crippen LogP contribution >= 0.6 is 11.6 Å². The van der Waals surface area contributed by atoms with Crippen molar-refractivity contribution < 1.29 is 4.74 Å². The molecule has 0 fully saturated rings. The average molecular weight is 308 g/mol. The fourth-order valence-electron chi connectivity index (χ4n) is 2.36. The molecular weight excluding hydrogens is 286 g/mol. The van der Waals surface area contributed by atoms with Gasteiger partial charge >= 0.3 is 0 Å². The summed E-state index contributed by atoms with van der Waals surface area (Å²) in [7, 11) is 1.69. The maximum atomic E-state index is 6.07. The summed E-state index contributed by atoms with van der Waals surface area (Å²) in [5, 5.41) is 8.42. The van der Waals surface area contributed by atoms with Crippen LogP contribution in [-0.2, 0) is 6.54 Å². The molecule has 0 radical (unpaired) electrons. The molecular formula is C16H22ClN3O. The van der Waals surface area contributed by atoms with Crippen molar-refractivity contribution in [3.63, 3.8) is 0 Å². The predicted octanol–water partition coefficient (Wildman–Crippen LogP) is 3.57. The molecule has 1 N–H and O–H groups in total. The third-order valence-electron chi connectivity index (χ3n) is 3.68. The fourth-order valence-corrected chi connectivity index (χ4v) is 2.50. The molecule has 2 aromatic rings. The number of rotatable bonds is 6. The lowest BCUT2D eigenvalue weighted by atomic mass is 10.0. The van der Waals surface area contributed by atoms with Crippen molar-refractivity contribution in [3.8, 4) is 5.75 Å². The van der Waals surface area contributed by atoms with Gasteiger partial charge in [0.25, 0.3) is 0 Å². The smallest absolute Gasteiger partial charge is 0.123 e. The van der Waals surface area contributed by atoms with E-state index < -0.39 is 0 Å². The summed E-state index contributed by atoms with van der Waals surface area (Å²) in [6.07, 6.45) is 1.68. The number of halogens is 1. The Balaban J connectivity index is 2.31. The van der Waals surface area contributed by atoms with Crippen LogP contribution in [-0.4, -0.2) is 23.4 Å². The van der Waals surface area contributed by atoms with Gasteiger partial charge in [-0.05, 0) is 38.1 Å². The van der Waals surface area contributed by atoms with E-state index in [2.05, 4.69) is 36.4 Å². The molecule has 0 amide bonds. The van der Waals surface area contributed by atoms with Crippen LogP contribution in [0, 0.1) is 6.92 Å². The highest BCUT2D eigenvalue weighted by atomic mass is 35.5. The Labute approximate surface area is 131 Å². The van der Waals surface area contributed by atoms with Crippen LogP contribution in [0.3, 0.4) is 0 Å². The van der Waals surface area contributed by atoms with Gasteiger partial charge in [0.1, 0.15) is 5.75 Å². The average Bonchev–Trinajstić information content (AvgIpc) is 2.79. The summed E-state index contributed by atoms with van der Waals surface area (Å²) in [4.78, 5) is 0. The van der Waals surface area contributed by atoms with Gasteiger partial charge in [-0.15, -0.1) is 0 Å². The van der Waals surface area contributed by atoms with Crippen molar-refractivity contribution >= 4 is 11.6 Å². The first kappa shape index (κ1) is 15.9. The molecule has 0 aliphatic rings. The highest BCUT2D eigenvalue weighted by Crippen LogP contribution is 2.25. The fraction of sp³-hybridized carbons (Fsp3) is 0.438. The van der Waals surface area contributed by atoms with E-state index in [4.69, 9.17) is 16.3 Å². The van der Waals surface area contributed by atoms with Crippen molar-refractivity contribution in [1.82, 2.24) is 15.1 Å². The number of aromatic nitrogens is 2. The molecule has 1 unspecified atom stereocenters. The van der Waals surface area contributed by atoms with Crippen LogP contribution in [0.1, 0.15) is 36.7 Å². The van der Waals surface area contributed by atoms with Gasteiger partial charge in [-0.3, -0.25) is 4.68 Å². The molecule has 0 bridgehead atoms. The molecule has 0 saturated heterocycles. The van der Waals surface area contributed by atoms with E-state index in [1.165, 1.54) is 5.56 Å². The Morgan fingerprint density at radius 2 is 2.19 bits per heavy atom. The lowest BCUT2D eigenvalue weighted by Crippen LogP contribution is -2.18. The Morgan fingerprint density at radius 1 is 1.43 bits per heavy atom. The van der Waals surface area contributed by atoms with Gasteiger partial charge in [0.15, 0.2) is 0 Å². The normalized spacial score (nSPS) is 12.4. The number of ether oxygens (including phenoxy) is 1. The van der Waals surface area contributed by atoms with Gasteiger partial charge in [0.2, 0.25) is 0 Å². The second-order valence-electron chi connectivity index (χ2n) is 5.09. The molecule has 21 heavy (non-hydrogen) atoms. The van der Waals surface area contributed by atoms with Crippen LogP contribution in [0.5, 0.6) is 5.75 Å². The first-order valence-electron chi connectivity index (χ1n) is 7.15. The Kier molecular flexibility index (Phi) is 5.26. The van der Waals surface area contributed by atoms with Crippen LogP contribution in [0.15, 0.2) is 24.4 Å². The molecule has 114 valence electrons. The minimum Gasteiger partial charge on any atom is -0.496 e. The van der Waals surface area contributed by atoms with E-state index in [-0.39, 0.29) is 0 Å². The van der Waals surface area contributed by atoms with Crippen LogP contribution < -0.4 is 10.1 Å². The maximum absolute atomic E-state index is 6.07. The summed E-state index contributed by atoms with van der Waals surface area (Å²) < 4.78 is 7.36. The molecule has 1 heterocycles. The second kappa shape index (κ2) is 6.96. The zero-order valence-electron chi connectivity index (χ0n) is 13.0. The molecule has 1 atom stereocenters. The Hall–Kier alpha value is -1.52. The maximum Gasteiger partial charge on any atom is 0.123 e. The molecule has 0 spiro atoms. The van der Waals surface area contributed by atoms with E-state index in [0.717, 1.165) is 23.6 Å². The lowest BCUT2D eigenvalue weighted by Gasteiger charge is -2.16. The SMILES string of the molecule is CCNC(C)c1ccc(OC)c(Cn2ncc(Cl)c2C)c1. The monoisotopic (exact) mass is 307 g/mol. The van der Waals surface area contributed by atoms with Crippen molar-refractivity contribution in [2.75, 3.05) is 13.7 Å². The summed E-state index contributed by atoms with van der Waals surface area (Å²) in [5.41, 5.74) is 3.30. The number of nitrogens with zero attached hydrogens (tertiary/aromatic N) is 2. The third kappa shape index (κ3) is 3.57. The van der Waals surface area contributed by atoms with E-state index in [0.29, 0.717) is 17.6 Å². The molecule has 0 aliphatic heterocycles. The van der Waals surface area contributed by atoms with E-state index >= 15 is 0 Å². The zero-order valence-corrected chi connectivity index (χ0v) is 13.7. The Bertz CT molecular complexity index is 610. The topological polar surface area (TPSA) is 39.1 Å². The zero-order chi connectivity index (χ0) is 15.4. The molecule has 0 aliphatic carbocycles. The van der Waals surface area contributed by atoms with Gasteiger partial charge in [0.05, 0.1) is 30.6 Å². The Morgan fingerprint density at radius 3 is 2.76 bits per heavy atom. The molecule has 1 aromatic heterocycles. The quantitative estimate of drug-likeness (QED) is 0.886. The summed E-state index contributed by atoms with van der Waals surface area (Å²) >= 11 is 6.07. The van der Waals surface area contributed by atoms with Crippen molar-refractivity contribution in [2.45, 2.75) is 33.4 Å². The minimum atomic E-state index is 0.307. The number of benzene rings is 1. The van der Waals surface area contributed by atoms with E-state index in [9.17, 15) is 0 Å². The van der Waals surface area contributed by atoms with E-state index in [1.54, 1.807) is 13.3 Å². The number of hydrogen-bond donors (Lipinski definition) is 1. The molecule has 4 nitrogen and oxygen atoms in total. The van der Waals surface area contributed by atoms with Crippen LogP contribution in [0.2, 0.25) is 5.02 Å². The number of methoxy groups -OCH3 is 1. The summed E-state index contributed by atoms with van der Waals surface area (Å²) in [6, 6.07) is 6.58. The van der Waals surface area contributed by atoms with Crippen LogP contribution in [0.4, 0.5) is 0 Å². The molecule has 5 heteroatoms. The van der Waals surface area contributed by atoms with Gasteiger partial charge < -0.3 is 10.1 Å². The highest BCUT2D eigenvalue weighted by molar-refractivity contribution is 6.31. The van der Waals surface area contributed by atoms with E-state index in [1.807, 2.05) is 17.7 Å². The molecule has 1 aromatic carbocycles. The number of nitrogens with one attached hydrogen (secondary N) is 1. The first-order valence-corrected chi connectivity index (χ1v) is 7.52. The molecule has 2 rings (SSSR count). The predicted molar refractivity (Wildman–Crippen MR) is 86.2 cm³/mol.